The summed E-state index contributed by atoms with van der Waals surface area (Å²) in [5.74, 6) is -0.676. The van der Waals surface area contributed by atoms with Crippen molar-refractivity contribution in [2.24, 2.45) is 5.92 Å². The number of ether oxygens (including phenoxy) is 2. The summed E-state index contributed by atoms with van der Waals surface area (Å²) >= 11 is 0. The van der Waals surface area contributed by atoms with Gasteiger partial charge in [0, 0.05) is 25.4 Å². The molecule has 1 fully saturated rings. The molecule has 2 rings (SSSR count). The number of carboxylic acids is 1. The topological polar surface area (TPSA) is 55.8 Å². The van der Waals surface area contributed by atoms with Crippen molar-refractivity contribution < 1.29 is 23.8 Å². The van der Waals surface area contributed by atoms with Gasteiger partial charge in [-0.2, -0.15) is 0 Å². The van der Waals surface area contributed by atoms with Crippen molar-refractivity contribution in [3.05, 3.63) is 35.7 Å². The molecule has 1 aromatic carbocycles. The molecule has 4 nitrogen and oxygen atoms in total. The maximum atomic E-state index is 13.4. The summed E-state index contributed by atoms with van der Waals surface area (Å²) in [5.41, 5.74) is 0.467. The van der Waals surface area contributed by atoms with E-state index in [1.54, 1.807) is 6.07 Å². The lowest BCUT2D eigenvalue weighted by Gasteiger charge is -2.22. The summed E-state index contributed by atoms with van der Waals surface area (Å²) in [4.78, 5) is 10.5. The molecule has 1 aromatic rings. The van der Waals surface area contributed by atoms with E-state index >= 15 is 0 Å². The fourth-order valence-electron chi connectivity index (χ4n) is 2.06. The molecule has 108 valence electrons. The van der Waals surface area contributed by atoms with Crippen molar-refractivity contribution >= 4 is 12.0 Å². The van der Waals surface area contributed by atoms with E-state index in [0.717, 1.165) is 32.1 Å². The molecule has 5 heteroatoms. The van der Waals surface area contributed by atoms with Gasteiger partial charge in [-0.05, 0) is 42.5 Å². The van der Waals surface area contributed by atoms with Gasteiger partial charge in [-0.3, -0.25) is 0 Å². The summed E-state index contributed by atoms with van der Waals surface area (Å²) in [5, 5.41) is 8.56. The molecule has 1 aliphatic rings. The quantitative estimate of drug-likeness (QED) is 0.843. The fourth-order valence-corrected chi connectivity index (χ4v) is 2.06. The lowest BCUT2D eigenvalue weighted by molar-refractivity contribution is -0.131. The molecule has 0 aromatic heterocycles. The monoisotopic (exact) mass is 280 g/mol. The molecular weight excluding hydrogens is 263 g/mol. The van der Waals surface area contributed by atoms with E-state index in [9.17, 15) is 9.18 Å². The molecule has 0 amide bonds. The second kappa shape index (κ2) is 7.05. The lowest BCUT2D eigenvalue weighted by atomic mass is 10.0. The number of benzene rings is 1. The molecule has 0 spiro atoms. The van der Waals surface area contributed by atoms with Crippen LogP contribution in [0.15, 0.2) is 24.3 Å². The van der Waals surface area contributed by atoms with Crippen LogP contribution in [0.5, 0.6) is 5.75 Å². The molecule has 1 heterocycles. The van der Waals surface area contributed by atoms with Crippen LogP contribution in [0.2, 0.25) is 0 Å². The highest BCUT2D eigenvalue weighted by molar-refractivity contribution is 5.85. The van der Waals surface area contributed by atoms with Crippen LogP contribution in [0.25, 0.3) is 6.08 Å². The van der Waals surface area contributed by atoms with Gasteiger partial charge in [-0.1, -0.05) is 0 Å². The first kappa shape index (κ1) is 14.5. The van der Waals surface area contributed by atoms with Crippen molar-refractivity contribution in [2.45, 2.75) is 12.8 Å². The summed E-state index contributed by atoms with van der Waals surface area (Å²) in [7, 11) is 0. The number of rotatable bonds is 5. The molecule has 1 aliphatic heterocycles. The van der Waals surface area contributed by atoms with E-state index in [0.29, 0.717) is 23.8 Å². The summed E-state index contributed by atoms with van der Waals surface area (Å²) in [6, 6.07) is 4.19. The Balaban J connectivity index is 1.98. The van der Waals surface area contributed by atoms with Gasteiger partial charge < -0.3 is 14.6 Å². The third-order valence-corrected chi connectivity index (χ3v) is 3.14. The Hall–Kier alpha value is -1.88. The number of carboxylic acid groups (broad SMARTS) is 1. The number of carbonyl (C=O) groups is 1. The Morgan fingerprint density at radius 2 is 2.15 bits per heavy atom. The number of halogens is 1. The second-order valence-corrected chi connectivity index (χ2v) is 4.76. The minimum atomic E-state index is -1.07. The summed E-state index contributed by atoms with van der Waals surface area (Å²) in [6.07, 6.45) is 4.20. The van der Waals surface area contributed by atoms with Crippen LogP contribution in [0.1, 0.15) is 18.4 Å². The van der Waals surface area contributed by atoms with E-state index in [1.165, 1.54) is 18.2 Å². The number of hydrogen-bond donors (Lipinski definition) is 1. The van der Waals surface area contributed by atoms with E-state index in [2.05, 4.69) is 0 Å². The molecule has 20 heavy (non-hydrogen) atoms. The molecule has 0 aliphatic carbocycles. The smallest absolute Gasteiger partial charge is 0.328 e. The Bertz CT molecular complexity index is 493. The standard InChI is InChI=1S/C15H17FO4/c16-13-7-12(1-2-15(17)18)8-14(9-13)20-10-11-3-5-19-6-4-11/h1-2,7-9,11H,3-6,10H2,(H,17,18)/b2-1+. The highest BCUT2D eigenvalue weighted by atomic mass is 19.1. The van der Waals surface area contributed by atoms with E-state index < -0.39 is 11.8 Å². The van der Waals surface area contributed by atoms with Crippen LogP contribution >= 0.6 is 0 Å². The Kier molecular flexibility index (Phi) is 5.12. The maximum absolute atomic E-state index is 13.4. The largest absolute Gasteiger partial charge is 0.493 e. The fraction of sp³-hybridized carbons (Fsp3) is 0.400. The van der Waals surface area contributed by atoms with Crippen LogP contribution in [-0.2, 0) is 9.53 Å². The van der Waals surface area contributed by atoms with Crippen molar-refractivity contribution in [1.82, 2.24) is 0 Å². The van der Waals surface area contributed by atoms with E-state index in [1.807, 2.05) is 0 Å². The zero-order valence-electron chi connectivity index (χ0n) is 11.0. The first-order chi connectivity index (χ1) is 9.63. The van der Waals surface area contributed by atoms with Gasteiger partial charge in [0.1, 0.15) is 11.6 Å². The van der Waals surface area contributed by atoms with Crippen LogP contribution in [0, 0.1) is 11.7 Å². The van der Waals surface area contributed by atoms with Gasteiger partial charge in [0.25, 0.3) is 0 Å². The van der Waals surface area contributed by atoms with Gasteiger partial charge in [-0.15, -0.1) is 0 Å². The first-order valence-corrected chi connectivity index (χ1v) is 6.55. The molecular formula is C15H17FO4. The van der Waals surface area contributed by atoms with Crippen molar-refractivity contribution in [3.63, 3.8) is 0 Å². The van der Waals surface area contributed by atoms with Crippen LogP contribution in [0.4, 0.5) is 4.39 Å². The highest BCUT2D eigenvalue weighted by Crippen LogP contribution is 2.21. The van der Waals surface area contributed by atoms with Gasteiger partial charge >= 0.3 is 5.97 Å². The predicted octanol–water partition coefficient (Wildman–Crippen LogP) is 2.73. The highest BCUT2D eigenvalue weighted by Gasteiger charge is 2.14. The number of hydrogen-bond acceptors (Lipinski definition) is 3. The Labute approximate surface area is 116 Å². The number of aliphatic carboxylic acids is 1. The Morgan fingerprint density at radius 1 is 1.40 bits per heavy atom. The molecule has 1 saturated heterocycles. The third kappa shape index (κ3) is 4.66. The van der Waals surface area contributed by atoms with Crippen molar-refractivity contribution in [3.8, 4) is 5.75 Å². The normalized spacial score (nSPS) is 16.4. The zero-order chi connectivity index (χ0) is 14.4. The molecule has 1 N–H and O–H groups in total. The second-order valence-electron chi connectivity index (χ2n) is 4.76. The maximum Gasteiger partial charge on any atom is 0.328 e. The molecule has 0 atom stereocenters. The van der Waals surface area contributed by atoms with Gasteiger partial charge in [-0.25, -0.2) is 9.18 Å². The van der Waals surface area contributed by atoms with Crippen LogP contribution in [-0.4, -0.2) is 30.9 Å². The zero-order valence-corrected chi connectivity index (χ0v) is 11.0. The SMILES string of the molecule is O=C(O)/C=C/c1cc(F)cc(OCC2CCOCC2)c1. The van der Waals surface area contributed by atoms with Gasteiger partial charge in [0.05, 0.1) is 6.61 Å². The molecule has 0 unspecified atom stereocenters. The summed E-state index contributed by atoms with van der Waals surface area (Å²) < 4.78 is 24.3. The lowest BCUT2D eigenvalue weighted by Crippen LogP contribution is -2.21. The summed E-state index contributed by atoms with van der Waals surface area (Å²) in [6.45, 7) is 2.00. The van der Waals surface area contributed by atoms with Gasteiger partial charge in [0.2, 0.25) is 0 Å². The predicted molar refractivity (Wildman–Crippen MR) is 72.1 cm³/mol. The average molecular weight is 280 g/mol. The van der Waals surface area contributed by atoms with Crippen LogP contribution < -0.4 is 4.74 Å². The molecule has 0 radical (unpaired) electrons. The van der Waals surface area contributed by atoms with E-state index in [4.69, 9.17) is 14.6 Å². The van der Waals surface area contributed by atoms with Crippen molar-refractivity contribution in [1.29, 1.82) is 0 Å². The minimum Gasteiger partial charge on any atom is -0.493 e. The minimum absolute atomic E-state index is 0.418. The third-order valence-electron chi connectivity index (χ3n) is 3.14. The van der Waals surface area contributed by atoms with Gasteiger partial charge in [0.15, 0.2) is 0 Å². The van der Waals surface area contributed by atoms with Crippen LogP contribution in [0.3, 0.4) is 0 Å². The van der Waals surface area contributed by atoms with E-state index in [-0.39, 0.29) is 0 Å². The Morgan fingerprint density at radius 3 is 2.85 bits per heavy atom. The molecule has 0 bridgehead atoms. The van der Waals surface area contributed by atoms with Crippen molar-refractivity contribution in [2.75, 3.05) is 19.8 Å². The average Bonchev–Trinajstić information content (AvgIpc) is 2.44. The molecule has 0 saturated carbocycles. The first-order valence-electron chi connectivity index (χ1n) is 6.55.